The number of benzene rings is 1. The molecule has 0 amide bonds. The van der Waals surface area contributed by atoms with Crippen LogP contribution in [0.3, 0.4) is 0 Å². The van der Waals surface area contributed by atoms with Crippen LogP contribution in [0.15, 0.2) is 18.2 Å². The maximum atomic E-state index is 11.7. The van der Waals surface area contributed by atoms with Crippen LogP contribution in [0.25, 0.3) is 0 Å². The molecule has 0 spiro atoms. The number of carbonyl (C=O) groups excluding carboxylic acids is 1. The molecule has 4 nitrogen and oxygen atoms in total. The first-order valence-corrected chi connectivity index (χ1v) is 6.33. The van der Waals surface area contributed by atoms with Gasteiger partial charge in [0, 0.05) is 18.8 Å². The minimum atomic E-state index is -0.247. The fourth-order valence-electron chi connectivity index (χ4n) is 2.10. The molecule has 98 valence electrons. The first-order valence-electron chi connectivity index (χ1n) is 6.33. The lowest BCUT2D eigenvalue weighted by molar-refractivity contribution is 0.0525. The lowest BCUT2D eigenvalue weighted by Crippen LogP contribution is -2.36. The molecule has 0 bridgehead atoms. The average Bonchev–Trinajstić information content (AvgIpc) is 2.40. The summed E-state index contributed by atoms with van der Waals surface area (Å²) in [4.78, 5) is 14.0. The van der Waals surface area contributed by atoms with Crippen molar-refractivity contribution in [2.75, 3.05) is 37.8 Å². The molecule has 1 heterocycles. The lowest BCUT2D eigenvalue weighted by atomic mass is 10.1. The summed E-state index contributed by atoms with van der Waals surface area (Å²) in [5.41, 5.74) is 2.75. The van der Waals surface area contributed by atoms with Crippen molar-refractivity contribution in [2.45, 2.75) is 13.8 Å². The second-order valence-corrected chi connectivity index (χ2v) is 4.32. The number of anilines is 1. The molecule has 1 saturated heterocycles. The van der Waals surface area contributed by atoms with E-state index in [0.29, 0.717) is 12.2 Å². The van der Waals surface area contributed by atoms with Gasteiger partial charge in [-0.05, 0) is 37.6 Å². The van der Waals surface area contributed by atoms with Crippen molar-refractivity contribution in [2.24, 2.45) is 0 Å². The SMILES string of the molecule is CCOC(=O)c1ccc(N2CCOCC2)cc1C. The number of carbonyl (C=O) groups is 1. The van der Waals surface area contributed by atoms with Crippen LogP contribution in [0, 0.1) is 6.92 Å². The Morgan fingerprint density at radius 2 is 2.11 bits per heavy atom. The van der Waals surface area contributed by atoms with Crippen molar-refractivity contribution in [1.82, 2.24) is 0 Å². The molecule has 0 atom stereocenters. The molecule has 0 aliphatic carbocycles. The molecule has 1 aliphatic heterocycles. The molecule has 0 saturated carbocycles. The van der Waals surface area contributed by atoms with E-state index in [4.69, 9.17) is 9.47 Å². The summed E-state index contributed by atoms with van der Waals surface area (Å²) in [7, 11) is 0. The summed E-state index contributed by atoms with van der Waals surface area (Å²) in [5.74, 6) is -0.247. The van der Waals surface area contributed by atoms with Crippen LogP contribution in [0.5, 0.6) is 0 Å². The van der Waals surface area contributed by atoms with E-state index in [0.717, 1.165) is 37.6 Å². The standard InChI is InChI=1S/C14H19NO3/c1-3-18-14(16)13-5-4-12(10-11(13)2)15-6-8-17-9-7-15/h4-5,10H,3,6-9H2,1-2H3. The summed E-state index contributed by atoms with van der Waals surface area (Å²) in [5, 5.41) is 0. The number of rotatable bonds is 3. The van der Waals surface area contributed by atoms with Gasteiger partial charge in [0.05, 0.1) is 25.4 Å². The number of hydrogen-bond donors (Lipinski definition) is 0. The Balaban J connectivity index is 2.16. The van der Waals surface area contributed by atoms with E-state index in [9.17, 15) is 4.79 Å². The first-order chi connectivity index (χ1) is 8.72. The third kappa shape index (κ3) is 2.82. The van der Waals surface area contributed by atoms with Crippen molar-refractivity contribution in [3.8, 4) is 0 Å². The molecule has 0 radical (unpaired) electrons. The zero-order valence-electron chi connectivity index (χ0n) is 10.9. The Hall–Kier alpha value is -1.55. The predicted octanol–water partition coefficient (Wildman–Crippen LogP) is 2.01. The minimum absolute atomic E-state index is 0.247. The fraction of sp³-hybridized carbons (Fsp3) is 0.500. The second-order valence-electron chi connectivity index (χ2n) is 4.32. The summed E-state index contributed by atoms with van der Waals surface area (Å²) in [6.45, 7) is 7.49. The van der Waals surface area contributed by atoms with Crippen molar-refractivity contribution in [3.63, 3.8) is 0 Å². The fourth-order valence-corrected chi connectivity index (χ4v) is 2.10. The highest BCUT2D eigenvalue weighted by Crippen LogP contribution is 2.20. The average molecular weight is 249 g/mol. The molecule has 1 aliphatic rings. The van der Waals surface area contributed by atoms with Gasteiger partial charge in [-0.15, -0.1) is 0 Å². The maximum Gasteiger partial charge on any atom is 0.338 e. The Labute approximate surface area is 107 Å². The Bertz CT molecular complexity index is 425. The van der Waals surface area contributed by atoms with Crippen LogP contribution < -0.4 is 4.90 Å². The predicted molar refractivity (Wildman–Crippen MR) is 70.2 cm³/mol. The van der Waals surface area contributed by atoms with E-state index in [-0.39, 0.29) is 5.97 Å². The van der Waals surface area contributed by atoms with Gasteiger partial charge in [-0.3, -0.25) is 0 Å². The Morgan fingerprint density at radius 3 is 2.72 bits per heavy atom. The van der Waals surface area contributed by atoms with Crippen LogP contribution in [0.2, 0.25) is 0 Å². The zero-order valence-corrected chi connectivity index (χ0v) is 10.9. The topological polar surface area (TPSA) is 38.8 Å². The molecular formula is C14H19NO3. The number of esters is 1. The van der Waals surface area contributed by atoms with Gasteiger partial charge in [0.1, 0.15) is 0 Å². The van der Waals surface area contributed by atoms with Gasteiger partial charge in [-0.2, -0.15) is 0 Å². The number of aryl methyl sites for hydroxylation is 1. The highest BCUT2D eigenvalue weighted by Gasteiger charge is 2.14. The number of hydrogen-bond acceptors (Lipinski definition) is 4. The monoisotopic (exact) mass is 249 g/mol. The third-order valence-electron chi connectivity index (χ3n) is 3.08. The molecular weight excluding hydrogens is 230 g/mol. The van der Waals surface area contributed by atoms with Crippen molar-refractivity contribution in [3.05, 3.63) is 29.3 Å². The highest BCUT2D eigenvalue weighted by molar-refractivity contribution is 5.91. The first kappa shape index (κ1) is 12.9. The van der Waals surface area contributed by atoms with Crippen LogP contribution in [-0.2, 0) is 9.47 Å². The van der Waals surface area contributed by atoms with Crippen LogP contribution in [-0.4, -0.2) is 38.9 Å². The van der Waals surface area contributed by atoms with Crippen LogP contribution in [0.1, 0.15) is 22.8 Å². The van der Waals surface area contributed by atoms with E-state index >= 15 is 0 Å². The lowest BCUT2D eigenvalue weighted by Gasteiger charge is -2.29. The molecule has 0 N–H and O–H groups in total. The summed E-state index contributed by atoms with van der Waals surface area (Å²) >= 11 is 0. The van der Waals surface area contributed by atoms with Gasteiger partial charge in [0.25, 0.3) is 0 Å². The summed E-state index contributed by atoms with van der Waals surface area (Å²) in [6.07, 6.45) is 0. The molecule has 4 heteroatoms. The largest absolute Gasteiger partial charge is 0.462 e. The molecule has 1 aromatic carbocycles. The zero-order chi connectivity index (χ0) is 13.0. The number of morpholine rings is 1. The third-order valence-corrected chi connectivity index (χ3v) is 3.08. The minimum Gasteiger partial charge on any atom is -0.462 e. The molecule has 18 heavy (non-hydrogen) atoms. The molecule has 1 aromatic rings. The van der Waals surface area contributed by atoms with Crippen LogP contribution in [0.4, 0.5) is 5.69 Å². The maximum absolute atomic E-state index is 11.7. The quantitative estimate of drug-likeness (QED) is 0.768. The van der Waals surface area contributed by atoms with E-state index in [2.05, 4.69) is 4.90 Å². The molecule has 2 rings (SSSR count). The Kier molecular flexibility index (Phi) is 4.20. The van der Waals surface area contributed by atoms with Gasteiger partial charge < -0.3 is 14.4 Å². The van der Waals surface area contributed by atoms with Gasteiger partial charge in [-0.25, -0.2) is 4.79 Å². The van der Waals surface area contributed by atoms with Gasteiger partial charge >= 0.3 is 5.97 Å². The van der Waals surface area contributed by atoms with Gasteiger partial charge in [0.15, 0.2) is 0 Å². The van der Waals surface area contributed by atoms with Crippen molar-refractivity contribution >= 4 is 11.7 Å². The molecule has 0 aromatic heterocycles. The second kappa shape index (κ2) is 5.87. The van der Waals surface area contributed by atoms with Crippen LogP contribution >= 0.6 is 0 Å². The Morgan fingerprint density at radius 1 is 1.39 bits per heavy atom. The van der Waals surface area contributed by atoms with E-state index in [1.807, 2.05) is 32.0 Å². The normalized spacial score (nSPS) is 15.6. The molecule has 0 unspecified atom stereocenters. The number of nitrogens with zero attached hydrogens (tertiary/aromatic N) is 1. The van der Waals surface area contributed by atoms with E-state index in [1.54, 1.807) is 0 Å². The van der Waals surface area contributed by atoms with E-state index < -0.39 is 0 Å². The smallest absolute Gasteiger partial charge is 0.338 e. The van der Waals surface area contributed by atoms with Gasteiger partial charge in [0.2, 0.25) is 0 Å². The summed E-state index contributed by atoms with van der Waals surface area (Å²) in [6, 6.07) is 5.86. The van der Waals surface area contributed by atoms with Crippen molar-refractivity contribution in [1.29, 1.82) is 0 Å². The number of ether oxygens (including phenoxy) is 2. The van der Waals surface area contributed by atoms with Gasteiger partial charge in [-0.1, -0.05) is 0 Å². The highest BCUT2D eigenvalue weighted by atomic mass is 16.5. The van der Waals surface area contributed by atoms with E-state index in [1.165, 1.54) is 0 Å². The summed E-state index contributed by atoms with van der Waals surface area (Å²) < 4.78 is 10.4. The van der Waals surface area contributed by atoms with Crippen molar-refractivity contribution < 1.29 is 14.3 Å². The molecule has 1 fully saturated rings.